The lowest BCUT2D eigenvalue weighted by atomic mass is 9.96. The van der Waals surface area contributed by atoms with Gasteiger partial charge in [0, 0.05) is 5.56 Å². The molecule has 0 saturated heterocycles. The van der Waals surface area contributed by atoms with Gasteiger partial charge >= 0.3 is 6.18 Å². The van der Waals surface area contributed by atoms with E-state index in [1.54, 1.807) is 31.2 Å². The van der Waals surface area contributed by atoms with Crippen molar-refractivity contribution in [3.63, 3.8) is 0 Å². The number of aromatic nitrogens is 2. The lowest BCUT2D eigenvalue weighted by Crippen LogP contribution is -2.27. The topological polar surface area (TPSA) is 98.0 Å². The van der Waals surface area contributed by atoms with Crippen LogP contribution in [0.15, 0.2) is 60.7 Å². The van der Waals surface area contributed by atoms with Crippen molar-refractivity contribution in [1.82, 2.24) is 14.7 Å². The highest BCUT2D eigenvalue weighted by Crippen LogP contribution is 2.33. The van der Waals surface area contributed by atoms with Crippen molar-refractivity contribution in [2.24, 2.45) is 5.73 Å². The molecular weight excluding hydrogens is 453 g/mol. The summed E-state index contributed by atoms with van der Waals surface area (Å²) in [5.74, 6) is -0.761. The molecule has 1 unspecified atom stereocenters. The number of nitrogens with one attached hydrogen (secondary N) is 1. The van der Waals surface area contributed by atoms with E-state index in [0.29, 0.717) is 11.1 Å². The normalized spacial score (nSPS) is 12.5. The quantitative estimate of drug-likeness (QED) is 0.430. The smallest absolute Gasteiger partial charge is 0.363 e. The Morgan fingerprint density at radius 1 is 1.06 bits per heavy atom. The van der Waals surface area contributed by atoms with Crippen molar-refractivity contribution in [3.8, 4) is 11.1 Å². The molecule has 0 aliphatic carbocycles. The van der Waals surface area contributed by atoms with E-state index in [-0.39, 0.29) is 16.7 Å². The number of alkyl halides is 3. The standard InChI is InChI=1S/C23H17F3N4O2S/c1-12(20-29-22(19(27)31)33-30-20)28-21(32)15-7-10-18-14(11-15)3-2-4-17(18)13-5-8-16(9-6-13)23(24,25)26/h2-12H,1H3,(H2,27,31)(H,28,32). The van der Waals surface area contributed by atoms with Crippen molar-refractivity contribution in [2.45, 2.75) is 19.1 Å². The molecule has 0 radical (unpaired) electrons. The Kier molecular flexibility index (Phi) is 5.86. The molecule has 168 valence electrons. The minimum absolute atomic E-state index is 0.0626. The van der Waals surface area contributed by atoms with E-state index in [1.807, 2.05) is 12.1 Å². The van der Waals surface area contributed by atoms with Gasteiger partial charge in [-0.05, 0) is 64.6 Å². The third-order valence-corrected chi connectivity index (χ3v) is 5.80. The van der Waals surface area contributed by atoms with Gasteiger partial charge in [-0.2, -0.15) is 17.5 Å². The van der Waals surface area contributed by atoms with Crippen molar-refractivity contribution in [2.75, 3.05) is 0 Å². The lowest BCUT2D eigenvalue weighted by Gasteiger charge is -2.13. The fraction of sp³-hybridized carbons (Fsp3) is 0.130. The second kappa shape index (κ2) is 8.62. The SMILES string of the molecule is CC(NC(=O)c1ccc2c(-c3ccc(C(F)(F)F)cc3)cccc2c1)c1nsc(C(N)=O)n1. The molecule has 1 atom stereocenters. The molecule has 0 saturated carbocycles. The summed E-state index contributed by atoms with van der Waals surface area (Å²) in [7, 11) is 0. The van der Waals surface area contributed by atoms with Gasteiger partial charge in [0.15, 0.2) is 5.82 Å². The molecule has 1 aromatic heterocycles. The van der Waals surface area contributed by atoms with Crippen LogP contribution in [-0.2, 0) is 6.18 Å². The fourth-order valence-electron chi connectivity index (χ4n) is 3.37. The zero-order valence-electron chi connectivity index (χ0n) is 17.2. The minimum Gasteiger partial charge on any atom is -0.363 e. The molecule has 6 nitrogen and oxygen atoms in total. The first-order chi connectivity index (χ1) is 15.6. The highest BCUT2D eigenvalue weighted by molar-refractivity contribution is 7.07. The number of primary amides is 1. The summed E-state index contributed by atoms with van der Waals surface area (Å²) in [6, 6.07) is 14.9. The summed E-state index contributed by atoms with van der Waals surface area (Å²) in [4.78, 5) is 27.9. The maximum absolute atomic E-state index is 12.9. The first-order valence-electron chi connectivity index (χ1n) is 9.78. The van der Waals surface area contributed by atoms with Crippen LogP contribution in [0.4, 0.5) is 13.2 Å². The molecule has 4 aromatic rings. The Morgan fingerprint density at radius 3 is 2.42 bits per heavy atom. The number of carbonyl (C=O) groups is 2. The van der Waals surface area contributed by atoms with Gasteiger partial charge in [0.05, 0.1) is 11.6 Å². The number of rotatable bonds is 5. The second-order valence-corrected chi connectivity index (χ2v) is 8.09. The van der Waals surface area contributed by atoms with Crippen molar-refractivity contribution in [3.05, 3.63) is 82.6 Å². The van der Waals surface area contributed by atoms with Crippen LogP contribution < -0.4 is 11.1 Å². The average Bonchev–Trinajstić information content (AvgIpc) is 3.29. The molecular formula is C23H17F3N4O2S. The van der Waals surface area contributed by atoms with Gasteiger partial charge in [-0.25, -0.2) is 4.98 Å². The Hall–Kier alpha value is -3.79. The van der Waals surface area contributed by atoms with Gasteiger partial charge in [0.1, 0.15) is 0 Å². The van der Waals surface area contributed by atoms with Gasteiger partial charge in [-0.15, -0.1) is 0 Å². The zero-order chi connectivity index (χ0) is 23.8. The molecule has 0 bridgehead atoms. The van der Waals surface area contributed by atoms with Crippen LogP contribution in [0.1, 0.15) is 44.5 Å². The average molecular weight is 470 g/mol. The van der Waals surface area contributed by atoms with E-state index in [4.69, 9.17) is 5.73 Å². The lowest BCUT2D eigenvalue weighted by molar-refractivity contribution is -0.137. The fourth-order valence-corrected chi connectivity index (χ4v) is 3.97. The van der Waals surface area contributed by atoms with Crippen molar-refractivity contribution >= 4 is 34.1 Å². The Bertz CT molecular complexity index is 1350. The van der Waals surface area contributed by atoms with Gasteiger partial charge < -0.3 is 11.1 Å². The van der Waals surface area contributed by atoms with E-state index >= 15 is 0 Å². The van der Waals surface area contributed by atoms with Gasteiger partial charge in [-0.3, -0.25) is 9.59 Å². The molecule has 0 fully saturated rings. The van der Waals surface area contributed by atoms with Crippen LogP contribution >= 0.6 is 11.5 Å². The molecule has 1 heterocycles. The zero-order valence-corrected chi connectivity index (χ0v) is 18.0. The molecule has 4 rings (SSSR count). The molecule has 33 heavy (non-hydrogen) atoms. The molecule has 3 aromatic carbocycles. The van der Waals surface area contributed by atoms with E-state index in [0.717, 1.165) is 40.0 Å². The maximum atomic E-state index is 12.9. The Morgan fingerprint density at radius 2 is 1.79 bits per heavy atom. The van der Waals surface area contributed by atoms with Crippen LogP contribution in [0.5, 0.6) is 0 Å². The minimum atomic E-state index is -4.40. The Labute approximate surface area is 190 Å². The molecule has 2 amide bonds. The van der Waals surface area contributed by atoms with E-state index < -0.39 is 23.7 Å². The van der Waals surface area contributed by atoms with Crippen LogP contribution in [0.3, 0.4) is 0 Å². The van der Waals surface area contributed by atoms with Gasteiger partial charge in [-0.1, -0.05) is 36.4 Å². The number of halogens is 3. The van der Waals surface area contributed by atoms with Crippen molar-refractivity contribution < 1.29 is 22.8 Å². The van der Waals surface area contributed by atoms with Crippen LogP contribution in [0.25, 0.3) is 21.9 Å². The molecule has 0 spiro atoms. The highest BCUT2D eigenvalue weighted by atomic mass is 32.1. The summed E-state index contributed by atoms with van der Waals surface area (Å²) in [6.07, 6.45) is -4.40. The van der Waals surface area contributed by atoms with Crippen LogP contribution in [0.2, 0.25) is 0 Å². The predicted octanol–water partition coefficient (Wildman–Crippen LogP) is 4.97. The highest BCUT2D eigenvalue weighted by Gasteiger charge is 2.30. The second-order valence-electron chi connectivity index (χ2n) is 7.33. The number of amides is 2. The first-order valence-corrected chi connectivity index (χ1v) is 10.6. The number of carbonyl (C=O) groups excluding carboxylic acids is 2. The largest absolute Gasteiger partial charge is 0.416 e. The number of nitrogens with two attached hydrogens (primary N) is 1. The summed E-state index contributed by atoms with van der Waals surface area (Å²) >= 11 is 0.863. The number of hydrogen-bond donors (Lipinski definition) is 2. The molecule has 10 heteroatoms. The van der Waals surface area contributed by atoms with E-state index in [1.165, 1.54) is 12.1 Å². The molecule has 0 aliphatic heterocycles. The third-order valence-electron chi connectivity index (χ3n) is 5.05. The number of hydrogen-bond acceptors (Lipinski definition) is 5. The van der Waals surface area contributed by atoms with E-state index in [2.05, 4.69) is 14.7 Å². The molecule has 0 aliphatic rings. The molecule has 3 N–H and O–H groups in total. The van der Waals surface area contributed by atoms with Crippen LogP contribution in [0, 0.1) is 0 Å². The number of nitrogens with zero attached hydrogens (tertiary/aromatic N) is 2. The third kappa shape index (κ3) is 4.70. The van der Waals surface area contributed by atoms with Crippen molar-refractivity contribution in [1.29, 1.82) is 0 Å². The van der Waals surface area contributed by atoms with Gasteiger partial charge in [0.2, 0.25) is 5.01 Å². The summed E-state index contributed by atoms with van der Waals surface area (Å²) in [5, 5.41) is 4.40. The maximum Gasteiger partial charge on any atom is 0.416 e. The summed E-state index contributed by atoms with van der Waals surface area (Å²) in [6.45, 7) is 1.69. The monoisotopic (exact) mass is 470 g/mol. The predicted molar refractivity (Wildman–Crippen MR) is 119 cm³/mol. The van der Waals surface area contributed by atoms with Crippen LogP contribution in [-0.4, -0.2) is 21.2 Å². The Balaban J connectivity index is 1.58. The first kappa shape index (κ1) is 22.4. The summed E-state index contributed by atoms with van der Waals surface area (Å²) < 4.78 is 42.6. The number of fused-ring (bicyclic) bond motifs is 1. The summed E-state index contributed by atoms with van der Waals surface area (Å²) in [5.41, 5.74) is 6.26. The number of benzene rings is 3. The van der Waals surface area contributed by atoms with Gasteiger partial charge in [0.25, 0.3) is 11.8 Å². The van der Waals surface area contributed by atoms with E-state index in [9.17, 15) is 22.8 Å².